The number of aliphatic imine (C=N–C) groups is 1. The SMILES string of the molecule is CC[C@H]1CSC(Nc2cc(S(=O)(=O)N3CCOCC3)ccc2Cl)=N1. The van der Waals surface area contributed by atoms with Gasteiger partial charge in [0, 0.05) is 18.8 Å². The maximum atomic E-state index is 12.8. The van der Waals surface area contributed by atoms with Crippen LogP contribution in [0.25, 0.3) is 0 Å². The molecule has 1 fully saturated rings. The quantitative estimate of drug-likeness (QED) is 0.857. The standard InChI is InChI=1S/C15H20ClN3O3S2/c1-2-11-10-23-15(17-11)18-14-9-12(3-4-13(14)16)24(20,21)19-5-7-22-8-6-19/h3-4,9,11H,2,5-8,10H2,1H3,(H,17,18)/t11-/m0/s1. The molecule has 24 heavy (non-hydrogen) atoms. The van der Waals surface area contributed by atoms with Crippen LogP contribution in [0.15, 0.2) is 28.1 Å². The predicted octanol–water partition coefficient (Wildman–Crippen LogP) is 2.65. The van der Waals surface area contributed by atoms with Crippen molar-refractivity contribution in [3.8, 4) is 0 Å². The van der Waals surface area contributed by atoms with Gasteiger partial charge in [-0.15, -0.1) is 0 Å². The van der Waals surface area contributed by atoms with Crippen LogP contribution in [0.2, 0.25) is 5.02 Å². The first-order chi connectivity index (χ1) is 11.5. The predicted molar refractivity (Wildman–Crippen MR) is 98.6 cm³/mol. The van der Waals surface area contributed by atoms with Crippen LogP contribution in [-0.2, 0) is 14.8 Å². The van der Waals surface area contributed by atoms with Crippen LogP contribution in [0.3, 0.4) is 0 Å². The van der Waals surface area contributed by atoms with Crippen molar-refractivity contribution >= 4 is 44.2 Å². The molecule has 0 aromatic heterocycles. The fourth-order valence-electron chi connectivity index (χ4n) is 2.50. The van der Waals surface area contributed by atoms with E-state index < -0.39 is 10.0 Å². The van der Waals surface area contributed by atoms with E-state index in [1.165, 1.54) is 10.4 Å². The van der Waals surface area contributed by atoms with Crippen molar-refractivity contribution in [2.24, 2.45) is 4.99 Å². The Bertz CT molecular complexity index is 733. The van der Waals surface area contributed by atoms with Gasteiger partial charge in [0.2, 0.25) is 10.0 Å². The van der Waals surface area contributed by atoms with Gasteiger partial charge in [-0.05, 0) is 24.6 Å². The van der Waals surface area contributed by atoms with Crippen molar-refractivity contribution in [2.75, 3.05) is 37.4 Å². The molecule has 0 saturated carbocycles. The number of hydrogen-bond donors (Lipinski definition) is 1. The van der Waals surface area contributed by atoms with Crippen LogP contribution < -0.4 is 5.32 Å². The summed E-state index contributed by atoms with van der Waals surface area (Å²) in [5, 5.41) is 4.42. The molecule has 1 N–H and O–H groups in total. The number of ether oxygens (including phenoxy) is 1. The third-order valence-electron chi connectivity index (χ3n) is 3.97. The van der Waals surface area contributed by atoms with Gasteiger partial charge in [-0.3, -0.25) is 4.99 Å². The Hall–Kier alpha value is -0.800. The molecular formula is C15H20ClN3O3S2. The topological polar surface area (TPSA) is 71.0 Å². The van der Waals surface area contributed by atoms with Crippen molar-refractivity contribution < 1.29 is 13.2 Å². The third kappa shape index (κ3) is 3.88. The van der Waals surface area contributed by atoms with Crippen molar-refractivity contribution in [1.82, 2.24) is 4.31 Å². The van der Waals surface area contributed by atoms with Gasteiger partial charge in [0.1, 0.15) is 0 Å². The van der Waals surface area contributed by atoms with Gasteiger partial charge in [-0.2, -0.15) is 4.31 Å². The van der Waals surface area contributed by atoms with Crippen molar-refractivity contribution in [3.05, 3.63) is 23.2 Å². The van der Waals surface area contributed by atoms with Gasteiger partial charge in [0.15, 0.2) is 5.17 Å². The van der Waals surface area contributed by atoms with Gasteiger partial charge in [0.05, 0.1) is 34.9 Å². The minimum atomic E-state index is -3.54. The number of hydrogen-bond acceptors (Lipinski definition) is 6. The Balaban J connectivity index is 1.83. The van der Waals surface area contributed by atoms with Crippen LogP contribution in [0.4, 0.5) is 5.69 Å². The monoisotopic (exact) mass is 389 g/mol. The van der Waals surface area contributed by atoms with Crippen molar-refractivity contribution in [2.45, 2.75) is 24.3 Å². The fraction of sp³-hybridized carbons (Fsp3) is 0.533. The highest BCUT2D eigenvalue weighted by molar-refractivity contribution is 8.14. The lowest BCUT2D eigenvalue weighted by Crippen LogP contribution is -2.40. The van der Waals surface area contributed by atoms with Crippen LogP contribution in [0.5, 0.6) is 0 Å². The van der Waals surface area contributed by atoms with E-state index in [4.69, 9.17) is 16.3 Å². The number of nitrogens with zero attached hydrogens (tertiary/aromatic N) is 2. The second kappa shape index (κ2) is 7.61. The smallest absolute Gasteiger partial charge is 0.243 e. The third-order valence-corrected chi connectivity index (χ3v) is 7.23. The van der Waals surface area contributed by atoms with Crippen LogP contribution in [0.1, 0.15) is 13.3 Å². The summed E-state index contributed by atoms with van der Waals surface area (Å²) in [4.78, 5) is 4.79. The highest BCUT2D eigenvalue weighted by Crippen LogP contribution is 2.30. The molecule has 1 aromatic rings. The molecule has 132 valence electrons. The van der Waals surface area contributed by atoms with Gasteiger partial charge in [0.25, 0.3) is 0 Å². The Morgan fingerprint density at radius 2 is 2.17 bits per heavy atom. The molecule has 2 aliphatic rings. The van der Waals surface area contributed by atoms with Crippen molar-refractivity contribution in [3.63, 3.8) is 0 Å². The number of thioether (sulfide) groups is 1. The minimum Gasteiger partial charge on any atom is -0.379 e. The van der Waals surface area contributed by atoms with Crippen LogP contribution >= 0.6 is 23.4 Å². The van der Waals surface area contributed by atoms with Gasteiger partial charge in [-0.25, -0.2) is 8.42 Å². The molecule has 0 aliphatic carbocycles. The molecule has 2 aliphatic heterocycles. The molecule has 1 aromatic carbocycles. The summed E-state index contributed by atoms with van der Waals surface area (Å²) in [6.45, 7) is 3.68. The molecule has 1 saturated heterocycles. The number of halogens is 1. The molecule has 0 bridgehead atoms. The molecule has 1 atom stereocenters. The first-order valence-corrected chi connectivity index (χ1v) is 10.7. The summed E-state index contributed by atoms with van der Waals surface area (Å²) in [6.07, 6.45) is 0.983. The van der Waals surface area contributed by atoms with E-state index in [1.807, 2.05) is 0 Å². The first kappa shape index (κ1) is 18.0. The van der Waals surface area contributed by atoms with Gasteiger partial charge in [-0.1, -0.05) is 30.3 Å². The summed E-state index contributed by atoms with van der Waals surface area (Å²) in [5.41, 5.74) is 0.564. The molecule has 0 amide bonds. The average Bonchev–Trinajstić information content (AvgIpc) is 3.05. The maximum absolute atomic E-state index is 12.8. The van der Waals surface area contributed by atoms with E-state index in [0.29, 0.717) is 43.1 Å². The Morgan fingerprint density at radius 3 is 2.83 bits per heavy atom. The summed E-state index contributed by atoms with van der Waals surface area (Å²) in [7, 11) is -3.54. The number of benzene rings is 1. The number of anilines is 1. The number of nitrogens with one attached hydrogen (secondary N) is 1. The molecule has 0 spiro atoms. The second-order valence-electron chi connectivity index (χ2n) is 5.59. The molecule has 6 nitrogen and oxygen atoms in total. The van der Waals surface area contributed by atoms with Crippen LogP contribution in [-0.4, -0.2) is 56.0 Å². The molecular weight excluding hydrogens is 370 g/mol. The molecule has 9 heteroatoms. The Kier molecular flexibility index (Phi) is 5.71. The van der Waals surface area contributed by atoms with Gasteiger partial charge >= 0.3 is 0 Å². The normalized spacial score (nSPS) is 22.4. The highest BCUT2D eigenvalue weighted by atomic mass is 35.5. The molecule has 2 heterocycles. The second-order valence-corrected chi connectivity index (χ2v) is 8.94. The zero-order valence-corrected chi connectivity index (χ0v) is 15.8. The number of rotatable bonds is 4. The Labute approximate surface area is 151 Å². The fourth-order valence-corrected chi connectivity index (χ4v) is 5.17. The van der Waals surface area contributed by atoms with Crippen molar-refractivity contribution in [1.29, 1.82) is 0 Å². The molecule has 0 radical (unpaired) electrons. The molecule has 0 unspecified atom stereocenters. The largest absolute Gasteiger partial charge is 0.379 e. The zero-order valence-electron chi connectivity index (χ0n) is 13.4. The summed E-state index contributed by atoms with van der Waals surface area (Å²) in [5.74, 6) is 0.933. The van der Waals surface area contributed by atoms with E-state index in [-0.39, 0.29) is 4.90 Å². The lowest BCUT2D eigenvalue weighted by Gasteiger charge is -2.26. The van der Waals surface area contributed by atoms with E-state index in [9.17, 15) is 8.42 Å². The summed E-state index contributed by atoms with van der Waals surface area (Å²) in [6, 6.07) is 5.03. The number of amidine groups is 1. The van der Waals surface area contributed by atoms with Gasteiger partial charge < -0.3 is 10.1 Å². The average molecular weight is 390 g/mol. The van der Waals surface area contributed by atoms with E-state index in [1.54, 1.807) is 23.9 Å². The van der Waals surface area contributed by atoms with Crippen LogP contribution in [0, 0.1) is 0 Å². The summed E-state index contributed by atoms with van der Waals surface area (Å²) < 4.78 is 32.2. The minimum absolute atomic E-state index is 0.229. The summed E-state index contributed by atoms with van der Waals surface area (Å²) >= 11 is 7.85. The lowest BCUT2D eigenvalue weighted by atomic mass is 10.3. The number of sulfonamides is 1. The van der Waals surface area contributed by atoms with E-state index >= 15 is 0 Å². The highest BCUT2D eigenvalue weighted by Gasteiger charge is 2.27. The zero-order chi connectivity index (χ0) is 17.2. The number of morpholine rings is 1. The lowest BCUT2D eigenvalue weighted by molar-refractivity contribution is 0.0730. The maximum Gasteiger partial charge on any atom is 0.243 e. The first-order valence-electron chi connectivity index (χ1n) is 7.86. The van der Waals surface area contributed by atoms with E-state index in [2.05, 4.69) is 17.2 Å². The van der Waals surface area contributed by atoms with E-state index in [0.717, 1.165) is 17.3 Å². The Morgan fingerprint density at radius 1 is 1.42 bits per heavy atom. The molecule has 3 rings (SSSR count).